The van der Waals surface area contributed by atoms with Crippen molar-refractivity contribution in [3.63, 3.8) is 0 Å². The Morgan fingerprint density at radius 1 is 1.25 bits per heavy atom. The number of anilines is 2. The second-order valence-corrected chi connectivity index (χ2v) is 6.43. The Balaban J connectivity index is 2.88. The summed E-state index contributed by atoms with van der Waals surface area (Å²) in [6.07, 6.45) is 0. The van der Waals surface area contributed by atoms with Crippen molar-refractivity contribution < 1.29 is 13.2 Å². The summed E-state index contributed by atoms with van der Waals surface area (Å²) in [5, 5.41) is 0. The van der Waals surface area contributed by atoms with Crippen LogP contribution < -0.4 is 9.62 Å². The zero-order valence-electron chi connectivity index (χ0n) is 12.6. The third kappa shape index (κ3) is 4.68. The number of ether oxygens (including phenoxy) is 1. The van der Waals surface area contributed by atoms with Crippen LogP contribution in [0, 0.1) is 6.92 Å². The first-order chi connectivity index (χ1) is 9.43. The molecule has 5 nitrogen and oxygen atoms in total. The maximum Gasteiger partial charge on any atom is 0.235 e. The van der Waals surface area contributed by atoms with E-state index < -0.39 is 10.0 Å². The molecule has 0 atom stereocenters. The van der Waals surface area contributed by atoms with Crippen molar-refractivity contribution in [1.82, 2.24) is 0 Å². The summed E-state index contributed by atoms with van der Waals surface area (Å²) in [6, 6.07) is 5.75. The van der Waals surface area contributed by atoms with Crippen molar-refractivity contribution in [3.05, 3.63) is 23.8 Å². The van der Waals surface area contributed by atoms with Crippen molar-refractivity contribution in [1.29, 1.82) is 0 Å². The summed E-state index contributed by atoms with van der Waals surface area (Å²) in [7, 11) is -1.87. The first kappa shape index (κ1) is 16.8. The maximum atomic E-state index is 11.8. The zero-order valence-corrected chi connectivity index (χ0v) is 13.5. The molecule has 1 aromatic rings. The predicted octanol–water partition coefficient (Wildman–Crippen LogP) is 2.23. The lowest BCUT2D eigenvalue weighted by Crippen LogP contribution is -2.22. The lowest BCUT2D eigenvalue weighted by molar-refractivity contribution is 0.217. The smallest absolute Gasteiger partial charge is 0.235 e. The summed E-state index contributed by atoms with van der Waals surface area (Å²) in [6.45, 7) is 8.14. The van der Waals surface area contributed by atoms with Gasteiger partial charge in [0.1, 0.15) is 0 Å². The minimum atomic E-state index is -3.35. The van der Waals surface area contributed by atoms with Crippen LogP contribution in [-0.2, 0) is 14.8 Å². The Bertz CT molecular complexity index is 525. The molecule has 0 amide bonds. The lowest BCUT2D eigenvalue weighted by atomic mass is 10.1. The lowest BCUT2D eigenvalue weighted by Gasteiger charge is -2.22. The van der Waals surface area contributed by atoms with E-state index in [1.54, 1.807) is 0 Å². The summed E-state index contributed by atoms with van der Waals surface area (Å²) < 4.78 is 31.1. The van der Waals surface area contributed by atoms with Crippen LogP contribution in [0.1, 0.15) is 19.4 Å². The molecule has 0 aliphatic heterocycles. The molecule has 0 bridgehead atoms. The number of nitrogens with zero attached hydrogens (tertiary/aromatic N) is 1. The van der Waals surface area contributed by atoms with Crippen LogP contribution in [0.5, 0.6) is 0 Å². The Morgan fingerprint density at radius 3 is 2.40 bits per heavy atom. The predicted molar refractivity (Wildman–Crippen MR) is 84.0 cm³/mol. The molecule has 0 radical (unpaired) electrons. The molecule has 20 heavy (non-hydrogen) atoms. The molecule has 0 spiro atoms. The van der Waals surface area contributed by atoms with Crippen molar-refractivity contribution in [2.24, 2.45) is 0 Å². The third-order valence-electron chi connectivity index (χ3n) is 3.16. The average Bonchev–Trinajstić information content (AvgIpc) is 2.41. The van der Waals surface area contributed by atoms with Crippen molar-refractivity contribution in [2.45, 2.75) is 20.8 Å². The fourth-order valence-electron chi connectivity index (χ4n) is 1.96. The fraction of sp³-hybridized carbons (Fsp3) is 0.571. The highest BCUT2D eigenvalue weighted by atomic mass is 32.2. The Kier molecular flexibility index (Phi) is 6.29. The van der Waals surface area contributed by atoms with Crippen LogP contribution in [0.3, 0.4) is 0 Å². The molecule has 1 N–H and O–H groups in total. The molecule has 0 saturated carbocycles. The first-order valence-corrected chi connectivity index (χ1v) is 8.43. The third-order valence-corrected chi connectivity index (χ3v) is 4.40. The van der Waals surface area contributed by atoms with Gasteiger partial charge in [-0.3, -0.25) is 4.72 Å². The van der Waals surface area contributed by atoms with Crippen LogP contribution in [0.15, 0.2) is 18.2 Å². The molecule has 1 aromatic carbocycles. The van der Waals surface area contributed by atoms with Gasteiger partial charge >= 0.3 is 0 Å². The van der Waals surface area contributed by atoms with Gasteiger partial charge in [0, 0.05) is 25.9 Å². The maximum absolute atomic E-state index is 11.8. The van der Waals surface area contributed by atoms with Gasteiger partial charge in [0.05, 0.1) is 18.0 Å². The van der Waals surface area contributed by atoms with Crippen LogP contribution >= 0.6 is 0 Å². The quantitative estimate of drug-likeness (QED) is 0.800. The molecule has 0 heterocycles. The number of methoxy groups -OCH3 is 1. The van der Waals surface area contributed by atoms with Gasteiger partial charge in [-0.05, 0) is 44.5 Å². The number of aryl methyl sites for hydroxylation is 1. The van der Waals surface area contributed by atoms with Gasteiger partial charge in [-0.1, -0.05) is 0 Å². The molecular formula is C14H24N2O3S. The van der Waals surface area contributed by atoms with E-state index in [2.05, 4.69) is 23.5 Å². The summed E-state index contributed by atoms with van der Waals surface area (Å²) >= 11 is 0. The Morgan fingerprint density at radius 2 is 1.90 bits per heavy atom. The van der Waals surface area contributed by atoms with Crippen molar-refractivity contribution >= 4 is 21.4 Å². The van der Waals surface area contributed by atoms with E-state index in [0.29, 0.717) is 5.69 Å². The highest BCUT2D eigenvalue weighted by molar-refractivity contribution is 7.92. The highest BCUT2D eigenvalue weighted by Crippen LogP contribution is 2.23. The molecule has 114 valence electrons. The molecule has 0 aliphatic rings. The summed E-state index contributed by atoms with van der Waals surface area (Å²) in [5.74, 6) is -0.0409. The van der Waals surface area contributed by atoms with Crippen molar-refractivity contribution in [3.8, 4) is 0 Å². The van der Waals surface area contributed by atoms with Gasteiger partial charge in [0.15, 0.2) is 0 Å². The molecule has 0 fully saturated rings. The number of benzene rings is 1. The minimum absolute atomic E-state index is 0.0409. The van der Waals surface area contributed by atoms with E-state index in [4.69, 9.17) is 4.74 Å². The van der Waals surface area contributed by atoms with E-state index in [1.807, 2.05) is 25.1 Å². The second-order valence-electron chi connectivity index (χ2n) is 4.59. The molecular weight excluding hydrogens is 276 g/mol. The summed E-state index contributed by atoms with van der Waals surface area (Å²) in [5.41, 5.74) is 2.64. The largest absolute Gasteiger partial charge is 0.384 e. The van der Waals surface area contributed by atoms with Crippen LogP contribution in [0.25, 0.3) is 0 Å². The molecule has 1 rings (SSSR count). The molecule has 0 unspecified atom stereocenters. The minimum Gasteiger partial charge on any atom is -0.384 e. The Hall–Kier alpha value is -1.27. The molecule has 0 saturated heterocycles. The topological polar surface area (TPSA) is 58.6 Å². The molecule has 6 heteroatoms. The summed E-state index contributed by atoms with van der Waals surface area (Å²) in [4.78, 5) is 2.22. The van der Waals surface area contributed by atoms with Crippen LogP contribution in [0.4, 0.5) is 11.4 Å². The second kappa shape index (κ2) is 7.50. The van der Waals surface area contributed by atoms with Crippen molar-refractivity contribution in [2.75, 3.05) is 42.2 Å². The fourth-order valence-corrected chi connectivity index (χ4v) is 3.01. The van der Waals surface area contributed by atoms with E-state index in [-0.39, 0.29) is 12.4 Å². The van der Waals surface area contributed by atoms with E-state index in [9.17, 15) is 8.42 Å². The number of sulfonamides is 1. The first-order valence-electron chi connectivity index (χ1n) is 6.78. The number of nitrogens with one attached hydrogen (secondary N) is 1. The van der Waals surface area contributed by atoms with Gasteiger partial charge in [-0.15, -0.1) is 0 Å². The molecule has 0 aliphatic carbocycles. The van der Waals surface area contributed by atoms with E-state index >= 15 is 0 Å². The standard InChI is InChI=1S/C14H24N2O3S/c1-5-16(6-2)13-7-8-14(12(3)11-13)15-20(17,18)10-9-19-4/h7-8,11,15H,5-6,9-10H2,1-4H3. The molecule has 0 aromatic heterocycles. The van der Waals surface area contributed by atoms with Crippen LogP contribution in [0.2, 0.25) is 0 Å². The zero-order chi connectivity index (χ0) is 15.2. The number of hydrogen-bond donors (Lipinski definition) is 1. The Labute approximate surface area is 122 Å². The van der Waals surface area contributed by atoms with Gasteiger partial charge in [0.25, 0.3) is 0 Å². The van der Waals surface area contributed by atoms with Gasteiger partial charge in [0.2, 0.25) is 10.0 Å². The normalized spacial score (nSPS) is 11.4. The van der Waals surface area contributed by atoms with Crippen LogP contribution in [-0.4, -0.2) is 41.0 Å². The monoisotopic (exact) mass is 300 g/mol. The SMILES string of the molecule is CCN(CC)c1ccc(NS(=O)(=O)CCOC)c(C)c1. The van der Waals surface area contributed by atoms with Gasteiger partial charge in [-0.2, -0.15) is 0 Å². The highest BCUT2D eigenvalue weighted by Gasteiger charge is 2.12. The van der Waals surface area contributed by atoms with E-state index in [0.717, 1.165) is 24.3 Å². The van der Waals surface area contributed by atoms with Gasteiger partial charge in [-0.25, -0.2) is 8.42 Å². The van der Waals surface area contributed by atoms with E-state index in [1.165, 1.54) is 7.11 Å². The number of rotatable bonds is 8. The average molecular weight is 300 g/mol. The number of hydrogen-bond acceptors (Lipinski definition) is 4. The van der Waals surface area contributed by atoms with Gasteiger partial charge < -0.3 is 9.64 Å².